The number of hydrogen-bond acceptors (Lipinski definition) is 4. The van der Waals surface area contributed by atoms with E-state index in [0.717, 1.165) is 29.3 Å². The molecule has 0 spiro atoms. The fraction of sp³-hybridized carbons (Fsp3) is 0.571. The number of pyridine rings is 1. The van der Waals surface area contributed by atoms with E-state index in [2.05, 4.69) is 15.3 Å². The van der Waals surface area contributed by atoms with Crippen molar-refractivity contribution in [3.8, 4) is 0 Å². The van der Waals surface area contributed by atoms with Crippen LogP contribution in [-0.4, -0.2) is 70.9 Å². The zero-order chi connectivity index (χ0) is 20.3. The van der Waals surface area contributed by atoms with Crippen LogP contribution in [0.25, 0.3) is 10.9 Å². The maximum atomic E-state index is 12.9. The maximum absolute atomic E-state index is 12.9. The van der Waals surface area contributed by atoms with Gasteiger partial charge in [-0.1, -0.05) is 13.8 Å². The van der Waals surface area contributed by atoms with E-state index in [1.165, 1.54) is 0 Å². The summed E-state index contributed by atoms with van der Waals surface area (Å²) in [7, 11) is 3.84. The van der Waals surface area contributed by atoms with Gasteiger partial charge in [-0.25, -0.2) is 0 Å². The number of rotatable bonds is 9. The molecule has 0 aromatic carbocycles. The number of fused-ring (bicyclic) bond motifs is 1. The topological polar surface area (TPSA) is 81.3 Å². The molecule has 0 radical (unpaired) electrons. The summed E-state index contributed by atoms with van der Waals surface area (Å²) in [5.41, 5.74) is 1.93. The van der Waals surface area contributed by atoms with Crippen molar-refractivity contribution >= 4 is 22.7 Å². The molecule has 1 aliphatic rings. The van der Waals surface area contributed by atoms with Gasteiger partial charge in [0.25, 0.3) is 0 Å². The average Bonchev–Trinajstić information content (AvgIpc) is 3.39. The number of carbonyl (C=O) groups excluding carboxylic acids is 2. The van der Waals surface area contributed by atoms with Crippen LogP contribution >= 0.6 is 0 Å². The van der Waals surface area contributed by atoms with Crippen molar-refractivity contribution in [3.63, 3.8) is 0 Å². The first-order valence-corrected chi connectivity index (χ1v) is 10.0. The summed E-state index contributed by atoms with van der Waals surface area (Å²) in [6, 6.07) is 2.08. The molecular weight excluding hydrogens is 354 g/mol. The van der Waals surface area contributed by atoms with Gasteiger partial charge in [0.05, 0.1) is 24.2 Å². The van der Waals surface area contributed by atoms with E-state index in [-0.39, 0.29) is 23.8 Å². The van der Waals surface area contributed by atoms with E-state index in [0.29, 0.717) is 25.6 Å². The van der Waals surface area contributed by atoms with Gasteiger partial charge in [-0.3, -0.25) is 19.5 Å². The van der Waals surface area contributed by atoms with Crippen molar-refractivity contribution in [2.75, 3.05) is 27.2 Å². The highest BCUT2D eigenvalue weighted by Crippen LogP contribution is 2.28. The second-order valence-electron chi connectivity index (χ2n) is 8.17. The van der Waals surface area contributed by atoms with Crippen molar-refractivity contribution in [1.82, 2.24) is 25.1 Å². The Kier molecular flexibility index (Phi) is 6.34. The maximum Gasteiger partial charge on any atom is 0.237 e. The van der Waals surface area contributed by atoms with Gasteiger partial charge in [-0.2, -0.15) is 0 Å². The summed E-state index contributed by atoms with van der Waals surface area (Å²) in [5, 5.41) is 4.05. The van der Waals surface area contributed by atoms with E-state index in [1.54, 1.807) is 12.4 Å². The quantitative estimate of drug-likeness (QED) is 0.690. The molecule has 7 heteroatoms. The molecule has 0 unspecified atom stereocenters. The first-order valence-electron chi connectivity index (χ1n) is 10.0. The van der Waals surface area contributed by atoms with Crippen LogP contribution in [0.5, 0.6) is 0 Å². The fourth-order valence-electron chi connectivity index (χ4n) is 3.88. The molecule has 7 nitrogen and oxygen atoms in total. The molecule has 2 heterocycles. The summed E-state index contributed by atoms with van der Waals surface area (Å²) in [6.45, 7) is 5.12. The van der Waals surface area contributed by atoms with Crippen LogP contribution in [0.4, 0.5) is 0 Å². The number of likely N-dealkylation sites (N-methyl/N-ethyl adjacent to an activating group) is 1. The predicted octanol–water partition coefficient (Wildman–Crippen LogP) is 1.80. The molecule has 1 atom stereocenters. The first kappa shape index (κ1) is 20.3. The highest BCUT2D eigenvalue weighted by atomic mass is 16.2. The van der Waals surface area contributed by atoms with Gasteiger partial charge < -0.3 is 15.2 Å². The smallest absolute Gasteiger partial charge is 0.237 e. The number of hydrogen-bond donors (Lipinski definition) is 2. The van der Waals surface area contributed by atoms with Gasteiger partial charge in [-0.15, -0.1) is 0 Å². The second kappa shape index (κ2) is 8.73. The number of nitrogens with zero attached hydrogens (tertiary/aromatic N) is 3. The van der Waals surface area contributed by atoms with E-state index in [9.17, 15) is 9.59 Å². The molecule has 152 valence electrons. The van der Waals surface area contributed by atoms with Crippen LogP contribution in [0.3, 0.4) is 0 Å². The summed E-state index contributed by atoms with van der Waals surface area (Å²) >= 11 is 0. The normalized spacial score (nSPS) is 15.2. The van der Waals surface area contributed by atoms with Gasteiger partial charge in [0, 0.05) is 36.9 Å². The molecule has 2 aromatic heterocycles. The molecule has 3 rings (SSSR count). The van der Waals surface area contributed by atoms with Crippen LogP contribution in [0.2, 0.25) is 0 Å². The summed E-state index contributed by atoms with van der Waals surface area (Å²) < 4.78 is 0. The Balaban J connectivity index is 1.58. The second-order valence-corrected chi connectivity index (χ2v) is 8.17. The Morgan fingerprint density at radius 1 is 1.32 bits per heavy atom. The average molecular weight is 386 g/mol. The summed E-state index contributed by atoms with van der Waals surface area (Å²) in [5.74, 6) is 0.363. The van der Waals surface area contributed by atoms with Gasteiger partial charge in [-0.05, 0) is 44.5 Å². The monoisotopic (exact) mass is 385 g/mol. The number of amides is 2. The number of H-pyrrole nitrogens is 1. The SMILES string of the molecule is CC(C)[C@@H](C(=O)NCCN(C(=O)Cc1c[nH]c2cnccc12)C1CC1)N(C)C. The number of aromatic amines is 1. The van der Waals surface area contributed by atoms with E-state index < -0.39 is 0 Å². The van der Waals surface area contributed by atoms with E-state index >= 15 is 0 Å². The van der Waals surface area contributed by atoms with Gasteiger partial charge >= 0.3 is 0 Å². The van der Waals surface area contributed by atoms with Crippen molar-refractivity contribution in [3.05, 3.63) is 30.2 Å². The Labute approximate surface area is 166 Å². The Morgan fingerprint density at radius 2 is 2.07 bits per heavy atom. The lowest BCUT2D eigenvalue weighted by Crippen LogP contribution is -2.49. The lowest BCUT2D eigenvalue weighted by molar-refractivity contribution is -0.132. The van der Waals surface area contributed by atoms with Crippen LogP contribution in [0.1, 0.15) is 32.3 Å². The molecule has 2 aromatic rings. The lowest BCUT2D eigenvalue weighted by atomic mass is 10.0. The van der Waals surface area contributed by atoms with Crippen molar-refractivity contribution < 1.29 is 9.59 Å². The van der Waals surface area contributed by atoms with Crippen LogP contribution in [0, 0.1) is 5.92 Å². The third-order valence-electron chi connectivity index (χ3n) is 5.33. The summed E-state index contributed by atoms with van der Waals surface area (Å²) in [6.07, 6.45) is 7.86. The first-order chi connectivity index (χ1) is 13.4. The Morgan fingerprint density at radius 3 is 2.71 bits per heavy atom. The minimum absolute atomic E-state index is 0.0207. The molecule has 2 N–H and O–H groups in total. The van der Waals surface area contributed by atoms with Gasteiger partial charge in [0.2, 0.25) is 11.8 Å². The predicted molar refractivity (Wildman–Crippen MR) is 110 cm³/mol. The molecule has 28 heavy (non-hydrogen) atoms. The molecule has 0 bridgehead atoms. The minimum Gasteiger partial charge on any atom is -0.360 e. The van der Waals surface area contributed by atoms with Crippen molar-refractivity contribution in [2.45, 2.75) is 45.2 Å². The molecule has 2 amide bonds. The highest BCUT2D eigenvalue weighted by molar-refractivity contribution is 5.88. The standard InChI is InChI=1S/C21H31N5O2/c1-14(2)20(25(3)4)21(28)23-9-10-26(16-5-6-16)19(27)11-15-12-24-18-13-22-8-7-17(15)18/h7-8,12-14,16,20,24H,5-6,9-11H2,1-4H3,(H,23,28)/t20-/m0/s1. The Bertz CT molecular complexity index is 817. The van der Waals surface area contributed by atoms with Crippen LogP contribution in [-0.2, 0) is 16.0 Å². The third-order valence-corrected chi connectivity index (χ3v) is 5.33. The molecule has 0 saturated heterocycles. The molecule has 0 aliphatic heterocycles. The highest BCUT2D eigenvalue weighted by Gasteiger charge is 2.32. The summed E-state index contributed by atoms with van der Waals surface area (Å²) in [4.78, 5) is 36.6. The van der Waals surface area contributed by atoms with E-state index in [1.807, 2.05) is 50.0 Å². The third kappa shape index (κ3) is 4.70. The minimum atomic E-state index is -0.162. The number of aromatic nitrogens is 2. The van der Waals surface area contributed by atoms with E-state index in [4.69, 9.17) is 0 Å². The van der Waals surface area contributed by atoms with Gasteiger partial charge in [0.15, 0.2) is 0 Å². The van der Waals surface area contributed by atoms with Crippen LogP contribution in [0.15, 0.2) is 24.7 Å². The van der Waals surface area contributed by atoms with Crippen molar-refractivity contribution in [1.29, 1.82) is 0 Å². The zero-order valence-electron chi connectivity index (χ0n) is 17.2. The van der Waals surface area contributed by atoms with Crippen molar-refractivity contribution in [2.24, 2.45) is 5.92 Å². The lowest BCUT2D eigenvalue weighted by Gasteiger charge is -2.28. The Hall–Kier alpha value is -2.41. The number of nitrogens with one attached hydrogen (secondary N) is 2. The molecule has 1 saturated carbocycles. The molecular formula is C21H31N5O2. The fourth-order valence-corrected chi connectivity index (χ4v) is 3.88. The molecule has 1 fully saturated rings. The van der Waals surface area contributed by atoms with Crippen LogP contribution < -0.4 is 5.32 Å². The number of carbonyl (C=O) groups is 2. The largest absolute Gasteiger partial charge is 0.360 e. The van der Waals surface area contributed by atoms with Gasteiger partial charge in [0.1, 0.15) is 0 Å². The zero-order valence-corrected chi connectivity index (χ0v) is 17.2. The molecule has 1 aliphatic carbocycles.